The number of amides is 1. The maximum absolute atomic E-state index is 13.5. The molecule has 0 radical (unpaired) electrons. The number of Topliss-reactive ketones (excluding diaryl/α,β-unsaturated/α-hetero) is 1. The Morgan fingerprint density at radius 3 is 2.45 bits per heavy atom. The topological polar surface area (TPSA) is 109 Å². The Hall–Kier alpha value is -4.34. The van der Waals surface area contributed by atoms with E-state index >= 15 is 0 Å². The first kappa shape index (κ1) is 29.2. The molecule has 42 heavy (non-hydrogen) atoms. The highest BCUT2D eigenvalue weighted by molar-refractivity contribution is 6.46. The van der Waals surface area contributed by atoms with Gasteiger partial charge in [-0.25, -0.2) is 0 Å². The first-order valence-electron chi connectivity index (χ1n) is 14.2. The minimum absolute atomic E-state index is 0.00355. The van der Waals surface area contributed by atoms with Gasteiger partial charge in [-0.05, 0) is 60.9 Å². The fourth-order valence-electron chi connectivity index (χ4n) is 5.38. The van der Waals surface area contributed by atoms with Gasteiger partial charge in [0.25, 0.3) is 11.7 Å². The van der Waals surface area contributed by atoms with E-state index in [-0.39, 0.29) is 29.4 Å². The molecule has 2 fully saturated rings. The molecule has 0 bridgehead atoms. The Balaban J connectivity index is 1.49. The number of likely N-dealkylation sites (tertiary alicyclic amines) is 1. The number of carbonyl (C=O) groups excluding carboxylic acids is 2. The number of phenols is 1. The van der Waals surface area contributed by atoms with E-state index in [0.29, 0.717) is 55.4 Å². The molecule has 0 aromatic heterocycles. The summed E-state index contributed by atoms with van der Waals surface area (Å²) in [4.78, 5) is 30.6. The van der Waals surface area contributed by atoms with E-state index in [2.05, 4.69) is 4.90 Å². The molecule has 5 rings (SSSR count). The number of morpholine rings is 1. The highest BCUT2D eigenvalue weighted by Gasteiger charge is 2.46. The highest BCUT2D eigenvalue weighted by atomic mass is 16.5. The molecule has 0 unspecified atom stereocenters. The predicted molar refractivity (Wildman–Crippen MR) is 157 cm³/mol. The van der Waals surface area contributed by atoms with Crippen LogP contribution in [0.4, 0.5) is 0 Å². The number of hydrogen-bond donors (Lipinski definition) is 2. The summed E-state index contributed by atoms with van der Waals surface area (Å²) in [5.74, 6) is -0.881. The minimum Gasteiger partial charge on any atom is -0.507 e. The molecular weight excluding hydrogens is 536 g/mol. The summed E-state index contributed by atoms with van der Waals surface area (Å²) >= 11 is 0. The van der Waals surface area contributed by atoms with Gasteiger partial charge in [-0.15, -0.1) is 0 Å². The zero-order chi connectivity index (χ0) is 29.6. The lowest BCUT2D eigenvalue weighted by Gasteiger charge is -2.31. The minimum atomic E-state index is -0.862. The number of aliphatic hydroxyl groups is 1. The SMILES string of the molecule is CCOc1cc([C@H]2/C(=C(\O)c3ccc(OCc4ccccc4)cc3C)C(=O)C(=O)N2CCN2CCOCC2)ccc1O. The van der Waals surface area contributed by atoms with E-state index in [9.17, 15) is 19.8 Å². The van der Waals surface area contributed by atoms with Gasteiger partial charge in [-0.2, -0.15) is 0 Å². The fraction of sp³-hybridized carbons (Fsp3) is 0.333. The van der Waals surface area contributed by atoms with Gasteiger partial charge in [0, 0.05) is 31.7 Å². The zero-order valence-corrected chi connectivity index (χ0v) is 23.9. The summed E-state index contributed by atoms with van der Waals surface area (Å²) in [5, 5.41) is 21.9. The van der Waals surface area contributed by atoms with Crippen LogP contribution in [0.15, 0.2) is 72.3 Å². The largest absolute Gasteiger partial charge is 0.507 e. The smallest absolute Gasteiger partial charge is 0.295 e. The van der Waals surface area contributed by atoms with E-state index < -0.39 is 17.7 Å². The Morgan fingerprint density at radius 2 is 1.74 bits per heavy atom. The Bertz CT molecular complexity index is 1460. The van der Waals surface area contributed by atoms with Crippen molar-refractivity contribution in [3.05, 3.63) is 94.6 Å². The molecule has 2 aliphatic rings. The number of ketones is 1. The molecule has 0 aliphatic carbocycles. The molecule has 2 saturated heterocycles. The van der Waals surface area contributed by atoms with Crippen molar-refractivity contribution in [3.63, 3.8) is 0 Å². The first-order chi connectivity index (χ1) is 20.4. The van der Waals surface area contributed by atoms with E-state index in [0.717, 1.165) is 18.7 Å². The molecule has 1 amide bonds. The third kappa shape index (κ3) is 6.27. The van der Waals surface area contributed by atoms with Crippen molar-refractivity contribution < 1.29 is 34.0 Å². The summed E-state index contributed by atoms with van der Waals surface area (Å²) in [6.45, 7) is 7.87. The molecule has 0 spiro atoms. The van der Waals surface area contributed by atoms with Crippen molar-refractivity contribution in [2.45, 2.75) is 26.5 Å². The van der Waals surface area contributed by atoms with Crippen molar-refractivity contribution in [1.29, 1.82) is 0 Å². The quantitative estimate of drug-likeness (QED) is 0.209. The zero-order valence-electron chi connectivity index (χ0n) is 23.9. The summed E-state index contributed by atoms with van der Waals surface area (Å²) in [6, 6.07) is 18.9. The van der Waals surface area contributed by atoms with Gasteiger partial charge in [0.05, 0.1) is 31.4 Å². The number of ether oxygens (including phenoxy) is 3. The molecule has 220 valence electrons. The van der Waals surface area contributed by atoms with Crippen LogP contribution in [-0.4, -0.2) is 77.7 Å². The van der Waals surface area contributed by atoms with Gasteiger partial charge in [-0.1, -0.05) is 36.4 Å². The number of aryl methyl sites for hydroxylation is 1. The standard InChI is InChI=1S/C33H36N2O7/c1-3-41-28-20-24(9-12-27(28)36)30-29(32(38)33(39)35(30)14-13-34-15-17-40-18-16-34)31(37)26-11-10-25(19-22(26)2)42-21-23-7-5-4-6-8-23/h4-12,19-20,30,36-37H,3,13-18,21H2,1-2H3/b31-29+/t30-/m0/s1. The maximum atomic E-state index is 13.5. The van der Waals surface area contributed by atoms with E-state index in [4.69, 9.17) is 14.2 Å². The van der Waals surface area contributed by atoms with Gasteiger partial charge in [-0.3, -0.25) is 14.5 Å². The van der Waals surface area contributed by atoms with Gasteiger partial charge in [0.15, 0.2) is 11.5 Å². The second kappa shape index (κ2) is 13.1. The first-order valence-corrected chi connectivity index (χ1v) is 14.2. The van der Waals surface area contributed by atoms with Crippen LogP contribution in [0.1, 0.15) is 35.2 Å². The number of benzene rings is 3. The van der Waals surface area contributed by atoms with Crippen molar-refractivity contribution in [1.82, 2.24) is 9.80 Å². The number of aliphatic hydroxyl groups excluding tert-OH is 1. The molecule has 2 N–H and O–H groups in total. The van der Waals surface area contributed by atoms with Gasteiger partial charge < -0.3 is 29.3 Å². The monoisotopic (exact) mass is 572 g/mol. The fourth-order valence-corrected chi connectivity index (χ4v) is 5.38. The summed E-state index contributed by atoms with van der Waals surface area (Å²) < 4.78 is 17.0. The van der Waals surface area contributed by atoms with E-state index in [1.54, 1.807) is 37.3 Å². The van der Waals surface area contributed by atoms with Crippen LogP contribution in [0.5, 0.6) is 17.2 Å². The van der Waals surface area contributed by atoms with Gasteiger partial charge in [0.2, 0.25) is 0 Å². The predicted octanol–water partition coefficient (Wildman–Crippen LogP) is 4.43. The lowest BCUT2D eigenvalue weighted by Crippen LogP contribution is -2.42. The second-order valence-electron chi connectivity index (χ2n) is 10.4. The molecule has 3 aromatic carbocycles. The number of aromatic hydroxyl groups is 1. The summed E-state index contributed by atoms with van der Waals surface area (Å²) in [6.07, 6.45) is 0. The average Bonchev–Trinajstić information content (AvgIpc) is 3.26. The Labute approximate surface area is 245 Å². The second-order valence-corrected chi connectivity index (χ2v) is 10.4. The molecule has 2 heterocycles. The van der Waals surface area contributed by atoms with Crippen LogP contribution in [0.25, 0.3) is 5.76 Å². The summed E-state index contributed by atoms with van der Waals surface area (Å²) in [5.41, 5.74) is 2.70. The molecule has 3 aromatic rings. The molecule has 2 aliphatic heterocycles. The number of phenolic OH excluding ortho intramolecular Hbond substituents is 1. The molecule has 1 atom stereocenters. The number of carbonyl (C=O) groups is 2. The molecule has 9 heteroatoms. The third-order valence-electron chi connectivity index (χ3n) is 7.60. The van der Waals surface area contributed by atoms with Crippen molar-refractivity contribution in [2.75, 3.05) is 46.0 Å². The number of nitrogens with zero attached hydrogens (tertiary/aromatic N) is 2. The van der Waals surface area contributed by atoms with Crippen LogP contribution in [0.2, 0.25) is 0 Å². The van der Waals surface area contributed by atoms with Gasteiger partial charge >= 0.3 is 0 Å². The van der Waals surface area contributed by atoms with Crippen molar-refractivity contribution in [2.24, 2.45) is 0 Å². The van der Waals surface area contributed by atoms with Crippen molar-refractivity contribution in [3.8, 4) is 17.2 Å². The average molecular weight is 573 g/mol. The van der Waals surface area contributed by atoms with Crippen LogP contribution in [-0.2, 0) is 20.9 Å². The molecule has 0 saturated carbocycles. The molecule has 9 nitrogen and oxygen atoms in total. The Kier molecular flexibility index (Phi) is 9.09. The summed E-state index contributed by atoms with van der Waals surface area (Å²) in [7, 11) is 0. The van der Waals surface area contributed by atoms with Crippen molar-refractivity contribution >= 4 is 17.4 Å². The van der Waals surface area contributed by atoms with Crippen LogP contribution < -0.4 is 9.47 Å². The normalized spacial score (nSPS) is 18.8. The van der Waals surface area contributed by atoms with Crippen LogP contribution >= 0.6 is 0 Å². The number of rotatable bonds is 10. The lowest BCUT2D eigenvalue weighted by atomic mass is 9.93. The van der Waals surface area contributed by atoms with Crippen LogP contribution in [0.3, 0.4) is 0 Å². The Morgan fingerprint density at radius 1 is 0.976 bits per heavy atom. The molecular formula is C33H36N2O7. The number of hydrogen-bond acceptors (Lipinski definition) is 8. The lowest BCUT2D eigenvalue weighted by molar-refractivity contribution is -0.140. The van der Waals surface area contributed by atoms with E-state index in [1.807, 2.05) is 37.3 Å². The third-order valence-corrected chi connectivity index (χ3v) is 7.60. The van der Waals surface area contributed by atoms with Gasteiger partial charge in [0.1, 0.15) is 18.1 Å². The van der Waals surface area contributed by atoms with Crippen LogP contribution in [0, 0.1) is 6.92 Å². The highest BCUT2D eigenvalue weighted by Crippen LogP contribution is 2.42. The van der Waals surface area contributed by atoms with E-state index in [1.165, 1.54) is 11.0 Å². The maximum Gasteiger partial charge on any atom is 0.295 e.